The zero-order valence-corrected chi connectivity index (χ0v) is 13.9. The van der Waals surface area contributed by atoms with Gasteiger partial charge < -0.3 is 5.73 Å². The molecule has 0 bridgehead atoms. The van der Waals surface area contributed by atoms with Crippen molar-refractivity contribution in [1.29, 1.82) is 0 Å². The average molecular weight is 268 g/mol. The number of nitrogens with two attached hydrogens (primary N) is 1. The van der Waals surface area contributed by atoms with Gasteiger partial charge in [0, 0.05) is 11.6 Å². The van der Waals surface area contributed by atoms with Crippen molar-refractivity contribution >= 4 is 0 Å². The Kier molecular flexibility index (Phi) is 6.82. The lowest BCUT2D eigenvalue weighted by molar-refractivity contribution is 0.0490. The topological polar surface area (TPSA) is 29.3 Å². The highest BCUT2D eigenvalue weighted by Crippen LogP contribution is 2.37. The molecule has 1 aliphatic rings. The summed E-state index contributed by atoms with van der Waals surface area (Å²) in [6, 6.07) is 0.329. The molecule has 0 aliphatic heterocycles. The molecule has 114 valence electrons. The summed E-state index contributed by atoms with van der Waals surface area (Å²) < 4.78 is 0. The second-order valence-corrected chi connectivity index (χ2v) is 6.60. The van der Waals surface area contributed by atoms with Crippen molar-refractivity contribution in [1.82, 2.24) is 4.90 Å². The van der Waals surface area contributed by atoms with Crippen LogP contribution in [0.4, 0.5) is 0 Å². The molecular weight excluding hydrogens is 232 g/mol. The van der Waals surface area contributed by atoms with Crippen LogP contribution in [-0.2, 0) is 0 Å². The first-order valence-electron chi connectivity index (χ1n) is 8.53. The molecule has 1 aliphatic carbocycles. The van der Waals surface area contributed by atoms with E-state index in [1.54, 1.807) is 0 Å². The van der Waals surface area contributed by atoms with Gasteiger partial charge >= 0.3 is 0 Å². The summed E-state index contributed by atoms with van der Waals surface area (Å²) >= 11 is 0. The molecule has 0 aromatic rings. The second kappa shape index (κ2) is 7.64. The van der Waals surface area contributed by atoms with Crippen LogP contribution in [0.2, 0.25) is 0 Å². The van der Waals surface area contributed by atoms with E-state index < -0.39 is 0 Å². The minimum Gasteiger partial charge on any atom is -0.326 e. The standard InChI is InChI=1S/C17H36N2/c1-6-14-10-12-15(13-11-14)16(18)17(5,7-2)19(8-3)9-4/h14-16H,6-13,18H2,1-5H3. The highest BCUT2D eigenvalue weighted by atomic mass is 15.2. The molecule has 1 saturated carbocycles. The SMILES string of the molecule is CCC1CCC(C(N)C(C)(CC)N(CC)CC)CC1. The highest BCUT2D eigenvalue weighted by molar-refractivity contribution is 4.98. The molecule has 0 amide bonds. The Morgan fingerprint density at radius 2 is 1.58 bits per heavy atom. The largest absolute Gasteiger partial charge is 0.326 e. The fourth-order valence-electron chi connectivity index (χ4n) is 4.08. The Bertz CT molecular complexity index is 242. The van der Waals surface area contributed by atoms with E-state index in [2.05, 4.69) is 39.5 Å². The van der Waals surface area contributed by atoms with E-state index >= 15 is 0 Å². The van der Waals surface area contributed by atoms with Gasteiger partial charge in [0.2, 0.25) is 0 Å². The number of rotatable bonds is 7. The molecule has 0 aromatic carbocycles. The molecule has 0 radical (unpaired) electrons. The van der Waals surface area contributed by atoms with E-state index in [1.165, 1.54) is 32.1 Å². The van der Waals surface area contributed by atoms with Gasteiger partial charge in [-0.2, -0.15) is 0 Å². The van der Waals surface area contributed by atoms with Crippen LogP contribution >= 0.6 is 0 Å². The van der Waals surface area contributed by atoms with E-state index in [4.69, 9.17) is 5.73 Å². The molecular formula is C17H36N2. The maximum absolute atomic E-state index is 6.73. The summed E-state index contributed by atoms with van der Waals surface area (Å²) in [7, 11) is 0. The van der Waals surface area contributed by atoms with Gasteiger partial charge in [0.15, 0.2) is 0 Å². The Morgan fingerprint density at radius 1 is 1.05 bits per heavy atom. The quantitative estimate of drug-likeness (QED) is 0.755. The molecule has 0 heterocycles. The van der Waals surface area contributed by atoms with Crippen molar-refractivity contribution in [2.75, 3.05) is 13.1 Å². The van der Waals surface area contributed by atoms with Crippen molar-refractivity contribution in [3.63, 3.8) is 0 Å². The third-order valence-electron chi connectivity index (χ3n) is 5.90. The van der Waals surface area contributed by atoms with Crippen LogP contribution in [0, 0.1) is 11.8 Å². The molecule has 2 heteroatoms. The molecule has 0 aromatic heterocycles. The number of nitrogens with zero attached hydrogens (tertiary/aromatic N) is 1. The monoisotopic (exact) mass is 268 g/mol. The van der Waals surface area contributed by atoms with Gasteiger partial charge in [-0.15, -0.1) is 0 Å². The third-order valence-corrected chi connectivity index (χ3v) is 5.90. The Morgan fingerprint density at radius 3 is 1.95 bits per heavy atom. The second-order valence-electron chi connectivity index (χ2n) is 6.60. The summed E-state index contributed by atoms with van der Waals surface area (Å²) in [6.45, 7) is 13.8. The van der Waals surface area contributed by atoms with Gasteiger partial charge in [-0.1, -0.05) is 47.0 Å². The van der Waals surface area contributed by atoms with Crippen LogP contribution in [-0.4, -0.2) is 29.6 Å². The van der Waals surface area contributed by atoms with E-state index in [-0.39, 0.29) is 5.54 Å². The number of hydrogen-bond donors (Lipinski definition) is 1. The summed E-state index contributed by atoms with van der Waals surface area (Å²) in [5.74, 6) is 1.69. The summed E-state index contributed by atoms with van der Waals surface area (Å²) in [5.41, 5.74) is 6.91. The zero-order valence-electron chi connectivity index (χ0n) is 13.9. The zero-order chi connectivity index (χ0) is 14.5. The van der Waals surface area contributed by atoms with Crippen molar-refractivity contribution in [3.05, 3.63) is 0 Å². The first-order chi connectivity index (χ1) is 9.03. The first kappa shape index (κ1) is 17.0. The molecule has 1 fully saturated rings. The minimum atomic E-state index is 0.174. The lowest BCUT2D eigenvalue weighted by Crippen LogP contribution is -2.60. The summed E-state index contributed by atoms with van der Waals surface area (Å²) in [4.78, 5) is 2.57. The van der Waals surface area contributed by atoms with Crippen LogP contribution in [0.25, 0.3) is 0 Å². The Labute approximate surface area is 121 Å². The Balaban J connectivity index is 2.70. The highest BCUT2D eigenvalue weighted by Gasteiger charge is 2.39. The fraction of sp³-hybridized carbons (Fsp3) is 1.00. The van der Waals surface area contributed by atoms with Gasteiger partial charge in [-0.05, 0) is 51.1 Å². The van der Waals surface area contributed by atoms with Gasteiger partial charge in [0.05, 0.1) is 0 Å². The normalized spacial score (nSPS) is 29.2. The third kappa shape index (κ3) is 3.72. The smallest absolute Gasteiger partial charge is 0.0332 e. The van der Waals surface area contributed by atoms with Gasteiger partial charge in [0.25, 0.3) is 0 Å². The van der Waals surface area contributed by atoms with Crippen LogP contribution in [0.15, 0.2) is 0 Å². The van der Waals surface area contributed by atoms with Crippen molar-refractivity contribution in [2.24, 2.45) is 17.6 Å². The van der Waals surface area contributed by atoms with Crippen LogP contribution in [0.5, 0.6) is 0 Å². The van der Waals surface area contributed by atoms with Gasteiger partial charge in [-0.3, -0.25) is 4.90 Å². The molecule has 1 rings (SSSR count). The predicted octanol–water partition coefficient (Wildman–Crippen LogP) is 4.04. The molecule has 19 heavy (non-hydrogen) atoms. The lowest BCUT2D eigenvalue weighted by Gasteiger charge is -2.48. The maximum Gasteiger partial charge on any atom is 0.0332 e. The van der Waals surface area contributed by atoms with E-state index in [9.17, 15) is 0 Å². The maximum atomic E-state index is 6.73. The van der Waals surface area contributed by atoms with Crippen LogP contribution in [0.3, 0.4) is 0 Å². The van der Waals surface area contributed by atoms with E-state index in [0.29, 0.717) is 6.04 Å². The molecule has 0 spiro atoms. The molecule has 2 atom stereocenters. The molecule has 2 unspecified atom stereocenters. The van der Waals surface area contributed by atoms with Gasteiger partial charge in [0.1, 0.15) is 0 Å². The summed E-state index contributed by atoms with van der Waals surface area (Å²) in [6.07, 6.45) is 7.99. The van der Waals surface area contributed by atoms with Crippen molar-refractivity contribution < 1.29 is 0 Å². The number of hydrogen-bond acceptors (Lipinski definition) is 2. The van der Waals surface area contributed by atoms with E-state index in [0.717, 1.165) is 31.3 Å². The Hall–Kier alpha value is -0.0800. The molecule has 2 N–H and O–H groups in total. The molecule has 2 nitrogen and oxygen atoms in total. The van der Waals surface area contributed by atoms with Crippen LogP contribution in [0.1, 0.15) is 73.1 Å². The summed E-state index contributed by atoms with van der Waals surface area (Å²) in [5, 5.41) is 0. The van der Waals surface area contributed by atoms with Crippen molar-refractivity contribution in [2.45, 2.75) is 84.7 Å². The van der Waals surface area contributed by atoms with Crippen molar-refractivity contribution in [3.8, 4) is 0 Å². The first-order valence-corrected chi connectivity index (χ1v) is 8.53. The lowest BCUT2D eigenvalue weighted by atomic mass is 9.71. The predicted molar refractivity (Wildman–Crippen MR) is 85.3 cm³/mol. The van der Waals surface area contributed by atoms with E-state index in [1.807, 2.05) is 0 Å². The number of likely N-dealkylation sites (N-methyl/N-ethyl adjacent to an activating group) is 1. The minimum absolute atomic E-state index is 0.174. The van der Waals surface area contributed by atoms with Crippen LogP contribution < -0.4 is 5.73 Å². The fourth-order valence-corrected chi connectivity index (χ4v) is 4.08. The average Bonchev–Trinajstić information content (AvgIpc) is 2.47. The van der Waals surface area contributed by atoms with Gasteiger partial charge in [-0.25, -0.2) is 0 Å². The molecule has 0 saturated heterocycles.